The van der Waals surface area contributed by atoms with Crippen molar-refractivity contribution in [3.05, 3.63) is 11.7 Å². The molecule has 5 nitrogen and oxygen atoms in total. The second-order valence-electron chi connectivity index (χ2n) is 3.29. The molecule has 1 aromatic rings. The van der Waals surface area contributed by atoms with E-state index in [2.05, 4.69) is 10.1 Å². The smallest absolute Gasteiger partial charge is 0.233 e. The second-order valence-corrected chi connectivity index (χ2v) is 4.16. The quantitative estimate of drug-likeness (QED) is 0.785. The minimum Gasteiger partial charge on any atom is -0.379 e. The molecule has 2 unspecified atom stereocenters. The van der Waals surface area contributed by atoms with Crippen LogP contribution in [0.15, 0.2) is 4.52 Å². The van der Waals surface area contributed by atoms with E-state index >= 15 is 0 Å². The highest BCUT2D eigenvalue weighted by Gasteiger charge is 2.31. The molecule has 1 aliphatic heterocycles. The van der Waals surface area contributed by atoms with Crippen LogP contribution in [0.4, 0.5) is 0 Å². The summed E-state index contributed by atoms with van der Waals surface area (Å²) in [5, 5.41) is 3.87. The van der Waals surface area contributed by atoms with Gasteiger partial charge < -0.3 is 15.0 Å². The Morgan fingerprint density at radius 3 is 3.07 bits per heavy atom. The molecule has 0 aliphatic carbocycles. The summed E-state index contributed by atoms with van der Waals surface area (Å²) in [5.41, 5.74) is 5.84. The molecular formula is C8H13N3O2S. The third-order valence-electron chi connectivity index (χ3n) is 2.20. The van der Waals surface area contributed by atoms with Crippen LogP contribution >= 0.6 is 11.8 Å². The normalized spacial score (nSPS) is 27.0. The predicted octanol–water partition coefficient (Wildman–Crippen LogP) is 0.374. The number of thioether (sulfide) groups is 1. The predicted molar refractivity (Wildman–Crippen MR) is 53.1 cm³/mol. The first kappa shape index (κ1) is 9.95. The summed E-state index contributed by atoms with van der Waals surface area (Å²) in [5.74, 6) is 2.18. The fourth-order valence-corrected chi connectivity index (χ4v) is 1.81. The van der Waals surface area contributed by atoms with Gasteiger partial charge in [0.1, 0.15) is 0 Å². The number of hydrogen-bond acceptors (Lipinski definition) is 6. The van der Waals surface area contributed by atoms with Gasteiger partial charge in [0.25, 0.3) is 0 Å². The molecule has 0 spiro atoms. The van der Waals surface area contributed by atoms with Gasteiger partial charge in [-0.25, -0.2) is 0 Å². The lowest BCUT2D eigenvalue weighted by atomic mass is 10.1. The Kier molecular flexibility index (Phi) is 3.05. The first-order valence-corrected chi connectivity index (χ1v) is 5.85. The Bertz CT molecular complexity index is 305. The zero-order valence-corrected chi connectivity index (χ0v) is 8.79. The van der Waals surface area contributed by atoms with Crippen molar-refractivity contribution in [2.24, 2.45) is 5.73 Å². The monoisotopic (exact) mass is 215 g/mol. The molecule has 0 bridgehead atoms. The fraction of sp³-hybridized carbons (Fsp3) is 0.750. The van der Waals surface area contributed by atoms with E-state index in [1.807, 2.05) is 6.26 Å². The van der Waals surface area contributed by atoms with Gasteiger partial charge in [-0.3, -0.25) is 0 Å². The summed E-state index contributed by atoms with van der Waals surface area (Å²) in [6, 6.07) is -0.0161. The van der Waals surface area contributed by atoms with Crippen LogP contribution in [-0.4, -0.2) is 35.7 Å². The Balaban J connectivity index is 2.08. The minimum absolute atomic E-state index is 0.0161. The van der Waals surface area contributed by atoms with Crippen molar-refractivity contribution >= 4 is 11.8 Å². The van der Waals surface area contributed by atoms with E-state index in [9.17, 15) is 0 Å². The molecule has 0 amide bonds. The molecule has 1 saturated heterocycles. The molecule has 1 aromatic heterocycles. The van der Waals surface area contributed by atoms with Gasteiger partial charge in [0, 0.05) is 6.04 Å². The van der Waals surface area contributed by atoms with Crippen LogP contribution in [0, 0.1) is 0 Å². The van der Waals surface area contributed by atoms with Crippen molar-refractivity contribution in [3.8, 4) is 0 Å². The summed E-state index contributed by atoms with van der Waals surface area (Å²) in [6.07, 6.45) is 2.00. The number of ether oxygens (including phenoxy) is 1. The molecule has 2 rings (SSSR count). The first-order valence-electron chi connectivity index (χ1n) is 4.46. The van der Waals surface area contributed by atoms with E-state index in [0.717, 1.165) is 11.6 Å². The number of hydrogen-bond donors (Lipinski definition) is 1. The van der Waals surface area contributed by atoms with Crippen molar-refractivity contribution in [1.82, 2.24) is 10.1 Å². The van der Waals surface area contributed by atoms with Crippen LogP contribution < -0.4 is 5.73 Å². The van der Waals surface area contributed by atoms with E-state index in [1.165, 1.54) is 0 Å². The number of rotatable bonds is 3. The molecule has 14 heavy (non-hydrogen) atoms. The van der Waals surface area contributed by atoms with Gasteiger partial charge in [-0.2, -0.15) is 16.7 Å². The number of nitrogens with two attached hydrogens (primary N) is 1. The molecule has 0 aromatic carbocycles. The van der Waals surface area contributed by atoms with Crippen LogP contribution in [0.2, 0.25) is 0 Å². The van der Waals surface area contributed by atoms with Crippen molar-refractivity contribution in [2.75, 3.05) is 19.5 Å². The standard InChI is InChI=1S/C8H13N3O2S/c1-14-4-7-10-8(13-11-7)5-2-12-3-6(5)9/h5-6H,2-4,9H2,1H3. The zero-order chi connectivity index (χ0) is 9.97. The summed E-state index contributed by atoms with van der Waals surface area (Å²) in [7, 11) is 0. The lowest BCUT2D eigenvalue weighted by Gasteiger charge is -2.05. The molecular weight excluding hydrogens is 202 g/mol. The first-order chi connectivity index (χ1) is 6.81. The third-order valence-corrected chi connectivity index (χ3v) is 2.75. The topological polar surface area (TPSA) is 74.2 Å². The molecule has 1 fully saturated rings. The highest BCUT2D eigenvalue weighted by Crippen LogP contribution is 2.23. The van der Waals surface area contributed by atoms with Crippen molar-refractivity contribution in [1.29, 1.82) is 0 Å². The summed E-state index contributed by atoms with van der Waals surface area (Å²) >= 11 is 1.66. The Hall–Kier alpha value is -0.590. The zero-order valence-electron chi connectivity index (χ0n) is 7.97. The van der Waals surface area contributed by atoms with Crippen LogP contribution in [-0.2, 0) is 10.5 Å². The van der Waals surface area contributed by atoms with E-state index in [4.69, 9.17) is 15.0 Å². The molecule has 2 atom stereocenters. The average Bonchev–Trinajstić information content (AvgIpc) is 2.74. The minimum atomic E-state index is -0.0161. The highest BCUT2D eigenvalue weighted by atomic mass is 32.2. The van der Waals surface area contributed by atoms with Crippen molar-refractivity contribution < 1.29 is 9.26 Å². The van der Waals surface area contributed by atoms with Crippen molar-refractivity contribution in [2.45, 2.75) is 17.7 Å². The Labute approximate surface area is 86.4 Å². The lowest BCUT2D eigenvalue weighted by molar-refractivity contribution is 0.187. The van der Waals surface area contributed by atoms with Gasteiger partial charge in [0.15, 0.2) is 5.82 Å². The SMILES string of the molecule is CSCc1noc(C2COCC2N)n1. The molecule has 0 saturated carbocycles. The van der Waals surface area contributed by atoms with Crippen LogP contribution in [0.3, 0.4) is 0 Å². The summed E-state index contributed by atoms with van der Waals surface area (Å²) in [6.45, 7) is 1.16. The molecule has 2 heterocycles. The van der Waals surface area contributed by atoms with Gasteiger partial charge in [-0.1, -0.05) is 5.16 Å². The largest absolute Gasteiger partial charge is 0.379 e. The van der Waals surface area contributed by atoms with Gasteiger partial charge in [-0.05, 0) is 6.26 Å². The summed E-state index contributed by atoms with van der Waals surface area (Å²) in [4.78, 5) is 4.27. The average molecular weight is 215 g/mol. The van der Waals surface area contributed by atoms with Crippen molar-refractivity contribution in [3.63, 3.8) is 0 Å². The number of aromatic nitrogens is 2. The molecule has 78 valence electrons. The van der Waals surface area contributed by atoms with E-state index in [0.29, 0.717) is 19.1 Å². The van der Waals surface area contributed by atoms with Gasteiger partial charge in [0.2, 0.25) is 5.89 Å². The van der Waals surface area contributed by atoms with E-state index in [1.54, 1.807) is 11.8 Å². The molecule has 0 radical (unpaired) electrons. The van der Waals surface area contributed by atoms with Gasteiger partial charge in [0.05, 0.1) is 24.9 Å². The van der Waals surface area contributed by atoms with Crippen LogP contribution in [0.5, 0.6) is 0 Å². The second kappa shape index (κ2) is 4.29. The summed E-state index contributed by atoms with van der Waals surface area (Å²) < 4.78 is 10.4. The third kappa shape index (κ3) is 1.92. The molecule has 2 N–H and O–H groups in total. The molecule has 1 aliphatic rings. The van der Waals surface area contributed by atoms with Crippen LogP contribution in [0.1, 0.15) is 17.6 Å². The van der Waals surface area contributed by atoms with E-state index in [-0.39, 0.29) is 12.0 Å². The molecule has 6 heteroatoms. The van der Waals surface area contributed by atoms with Gasteiger partial charge >= 0.3 is 0 Å². The van der Waals surface area contributed by atoms with Gasteiger partial charge in [-0.15, -0.1) is 0 Å². The Morgan fingerprint density at radius 1 is 1.57 bits per heavy atom. The lowest BCUT2D eigenvalue weighted by Crippen LogP contribution is -2.27. The maximum Gasteiger partial charge on any atom is 0.233 e. The van der Waals surface area contributed by atoms with E-state index < -0.39 is 0 Å². The highest BCUT2D eigenvalue weighted by molar-refractivity contribution is 7.97. The fourth-order valence-electron chi connectivity index (χ4n) is 1.43. The maximum absolute atomic E-state index is 5.84. The number of nitrogens with zero attached hydrogens (tertiary/aromatic N) is 2. The Morgan fingerprint density at radius 2 is 2.43 bits per heavy atom. The van der Waals surface area contributed by atoms with Crippen LogP contribution in [0.25, 0.3) is 0 Å². The maximum atomic E-state index is 5.84.